The third-order valence-corrected chi connectivity index (χ3v) is 5.45. The number of anilines is 2. The van der Waals surface area contributed by atoms with Crippen molar-refractivity contribution in [1.29, 1.82) is 0 Å². The van der Waals surface area contributed by atoms with Crippen LogP contribution in [0.15, 0.2) is 42.5 Å². The highest BCUT2D eigenvalue weighted by molar-refractivity contribution is 7.92. The Hall–Kier alpha value is -2.55. The molecule has 158 valence electrons. The van der Waals surface area contributed by atoms with Crippen LogP contribution in [0.1, 0.15) is 30.0 Å². The number of halogens is 3. The number of hydrogen-bond donors (Lipinski definition) is 1. The summed E-state index contributed by atoms with van der Waals surface area (Å²) in [7, 11) is -3.80. The second-order valence-electron chi connectivity index (χ2n) is 6.89. The number of nitrogens with zero attached hydrogens (tertiary/aromatic N) is 1. The van der Waals surface area contributed by atoms with Gasteiger partial charge in [-0.2, -0.15) is 13.2 Å². The number of carbonyl (C=O) groups excluding carboxylic acids is 1. The predicted octanol–water partition coefficient (Wildman–Crippen LogP) is 4.51. The van der Waals surface area contributed by atoms with Crippen LogP contribution in [-0.4, -0.2) is 26.6 Å². The Labute approximate surface area is 168 Å². The Morgan fingerprint density at radius 1 is 1.07 bits per heavy atom. The average Bonchev–Trinajstić information content (AvgIpc) is 2.57. The van der Waals surface area contributed by atoms with E-state index in [0.717, 1.165) is 46.0 Å². The molecule has 0 radical (unpaired) electrons. The third kappa shape index (κ3) is 5.72. The maximum absolute atomic E-state index is 12.8. The zero-order valence-corrected chi connectivity index (χ0v) is 17.4. The van der Waals surface area contributed by atoms with Crippen molar-refractivity contribution >= 4 is 27.3 Å². The number of amides is 1. The molecule has 0 aliphatic carbocycles. The van der Waals surface area contributed by atoms with Gasteiger partial charge in [-0.25, -0.2) is 8.42 Å². The summed E-state index contributed by atoms with van der Waals surface area (Å²) in [4.78, 5) is 12.8. The lowest BCUT2D eigenvalue weighted by Crippen LogP contribution is -2.47. The first-order valence-electron chi connectivity index (χ1n) is 8.88. The molecule has 29 heavy (non-hydrogen) atoms. The molecule has 1 atom stereocenters. The minimum absolute atomic E-state index is 0.148. The highest BCUT2D eigenvalue weighted by atomic mass is 32.2. The van der Waals surface area contributed by atoms with Gasteiger partial charge < -0.3 is 5.32 Å². The zero-order valence-electron chi connectivity index (χ0n) is 16.5. The van der Waals surface area contributed by atoms with Gasteiger partial charge >= 0.3 is 6.18 Å². The lowest BCUT2D eigenvalue weighted by molar-refractivity contribution is -0.137. The predicted molar refractivity (Wildman–Crippen MR) is 107 cm³/mol. The van der Waals surface area contributed by atoms with Crippen LogP contribution in [0.2, 0.25) is 0 Å². The first-order chi connectivity index (χ1) is 13.3. The Kier molecular flexibility index (Phi) is 6.62. The summed E-state index contributed by atoms with van der Waals surface area (Å²) in [6, 6.07) is 8.14. The van der Waals surface area contributed by atoms with Gasteiger partial charge in [-0.15, -0.1) is 0 Å². The van der Waals surface area contributed by atoms with E-state index in [1.165, 1.54) is 0 Å². The van der Waals surface area contributed by atoms with Gasteiger partial charge in [0, 0.05) is 5.69 Å². The molecule has 2 rings (SSSR count). The molecule has 0 aliphatic heterocycles. The van der Waals surface area contributed by atoms with Crippen LogP contribution in [0.3, 0.4) is 0 Å². The van der Waals surface area contributed by atoms with E-state index in [0.29, 0.717) is 5.69 Å². The Morgan fingerprint density at radius 3 is 2.00 bits per heavy atom. The van der Waals surface area contributed by atoms with Crippen LogP contribution < -0.4 is 9.62 Å². The van der Waals surface area contributed by atoms with Gasteiger partial charge in [0.15, 0.2) is 0 Å². The van der Waals surface area contributed by atoms with Crippen molar-refractivity contribution in [3.8, 4) is 0 Å². The van der Waals surface area contributed by atoms with Crippen molar-refractivity contribution in [3.05, 3.63) is 59.2 Å². The summed E-state index contributed by atoms with van der Waals surface area (Å²) < 4.78 is 64.1. The van der Waals surface area contributed by atoms with Crippen molar-refractivity contribution < 1.29 is 26.4 Å². The van der Waals surface area contributed by atoms with Crippen LogP contribution in [0, 0.1) is 13.8 Å². The van der Waals surface area contributed by atoms with Crippen LogP contribution in [0.25, 0.3) is 0 Å². The smallest absolute Gasteiger partial charge is 0.324 e. The molecule has 0 heterocycles. The van der Waals surface area contributed by atoms with E-state index < -0.39 is 33.7 Å². The monoisotopic (exact) mass is 428 g/mol. The summed E-state index contributed by atoms with van der Waals surface area (Å²) in [5.41, 5.74) is 1.35. The van der Waals surface area contributed by atoms with Gasteiger partial charge in [0.05, 0.1) is 17.5 Å². The van der Waals surface area contributed by atoms with Gasteiger partial charge in [0.2, 0.25) is 15.9 Å². The zero-order chi connectivity index (χ0) is 22.0. The SMILES string of the molecule is CC[C@@H](C(=O)Nc1ccc(C(F)(F)F)cc1)N(c1cc(C)cc(C)c1)S(C)(=O)=O. The molecule has 5 nitrogen and oxygen atoms in total. The van der Waals surface area contributed by atoms with Gasteiger partial charge in [-0.05, 0) is 67.8 Å². The molecule has 0 saturated heterocycles. The molecular formula is C20H23F3N2O3S. The van der Waals surface area contributed by atoms with Gasteiger partial charge in [0.1, 0.15) is 6.04 Å². The second kappa shape index (κ2) is 8.44. The van der Waals surface area contributed by atoms with Crippen molar-refractivity contribution in [2.24, 2.45) is 0 Å². The highest BCUT2D eigenvalue weighted by Gasteiger charge is 2.32. The summed E-state index contributed by atoms with van der Waals surface area (Å²) in [5, 5.41) is 2.51. The molecule has 0 saturated carbocycles. The van der Waals surface area contributed by atoms with Crippen molar-refractivity contribution in [2.45, 2.75) is 39.4 Å². The van der Waals surface area contributed by atoms with Crippen molar-refractivity contribution in [3.63, 3.8) is 0 Å². The molecule has 2 aromatic rings. The maximum Gasteiger partial charge on any atom is 0.416 e. The van der Waals surface area contributed by atoms with Crippen LogP contribution in [0.4, 0.5) is 24.5 Å². The highest BCUT2D eigenvalue weighted by Crippen LogP contribution is 2.30. The van der Waals surface area contributed by atoms with Crippen molar-refractivity contribution in [2.75, 3.05) is 15.9 Å². The molecule has 1 amide bonds. The molecule has 0 aromatic heterocycles. The first kappa shape index (κ1) is 22.7. The quantitative estimate of drug-likeness (QED) is 0.737. The Bertz CT molecular complexity index is 967. The number of carbonyl (C=O) groups is 1. The van der Waals surface area contributed by atoms with Gasteiger partial charge in [-0.1, -0.05) is 13.0 Å². The molecule has 0 fully saturated rings. The third-order valence-electron chi connectivity index (χ3n) is 4.27. The molecule has 0 unspecified atom stereocenters. The van der Waals surface area contributed by atoms with Crippen LogP contribution >= 0.6 is 0 Å². The molecule has 0 bridgehead atoms. The minimum atomic E-state index is -4.48. The van der Waals surface area contributed by atoms with Crippen LogP contribution in [-0.2, 0) is 21.0 Å². The Morgan fingerprint density at radius 2 is 1.59 bits per heavy atom. The average molecular weight is 428 g/mol. The Balaban J connectivity index is 2.36. The lowest BCUT2D eigenvalue weighted by Gasteiger charge is -2.30. The lowest BCUT2D eigenvalue weighted by atomic mass is 10.1. The van der Waals surface area contributed by atoms with Gasteiger partial charge in [-0.3, -0.25) is 9.10 Å². The van der Waals surface area contributed by atoms with E-state index in [9.17, 15) is 26.4 Å². The van der Waals surface area contributed by atoms with E-state index in [1.54, 1.807) is 19.1 Å². The summed E-state index contributed by atoms with van der Waals surface area (Å²) in [6.45, 7) is 5.30. The number of rotatable bonds is 6. The summed E-state index contributed by atoms with van der Waals surface area (Å²) in [5.74, 6) is -0.628. The minimum Gasteiger partial charge on any atom is -0.324 e. The first-order valence-corrected chi connectivity index (χ1v) is 10.7. The molecular weight excluding hydrogens is 405 g/mol. The van der Waals surface area contributed by atoms with Crippen molar-refractivity contribution in [1.82, 2.24) is 0 Å². The van der Waals surface area contributed by atoms with E-state index in [1.807, 2.05) is 19.9 Å². The van der Waals surface area contributed by atoms with Crippen LogP contribution in [0.5, 0.6) is 0 Å². The number of sulfonamides is 1. The molecule has 0 spiro atoms. The molecule has 0 aliphatic rings. The number of hydrogen-bond acceptors (Lipinski definition) is 3. The standard InChI is InChI=1S/C20H23F3N2O3S/c1-5-18(19(26)24-16-8-6-15(7-9-16)20(21,22)23)25(29(4,27)28)17-11-13(2)10-14(3)12-17/h6-12,18H,5H2,1-4H3,(H,24,26)/t18-/m0/s1. The maximum atomic E-state index is 12.8. The van der Waals surface area contributed by atoms with Gasteiger partial charge in [0.25, 0.3) is 0 Å². The van der Waals surface area contributed by atoms with E-state index in [-0.39, 0.29) is 12.1 Å². The molecule has 1 N–H and O–H groups in total. The van der Waals surface area contributed by atoms with E-state index >= 15 is 0 Å². The number of alkyl halides is 3. The topological polar surface area (TPSA) is 66.5 Å². The largest absolute Gasteiger partial charge is 0.416 e. The molecule has 9 heteroatoms. The fourth-order valence-corrected chi connectivity index (χ4v) is 4.30. The number of nitrogens with one attached hydrogen (secondary N) is 1. The summed E-state index contributed by atoms with van der Waals surface area (Å²) >= 11 is 0. The number of benzene rings is 2. The fraction of sp³-hybridized carbons (Fsp3) is 0.350. The normalized spacial score (nSPS) is 13.1. The fourth-order valence-electron chi connectivity index (χ4n) is 3.11. The van der Waals surface area contributed by atoms with E-state index in [4.69, 9.17) is 0 Å². The second-order valence-corrected chi connectivity index (χ2v) is 8.75. The molecule has 2 aromatic carbocycles. The summed E-state index contributed by atoms with van der Waals surface area (Å²) in [6.07, 6.45) is -3.30. The number of aryl methyl sites for hydroxylation is 2. The van der Waals surface area contributed by atoms with E-state index in [2.05, 4.69) is 5.32 Å².